The number of hydrogen-bond acceptors (Lipinski definition) is 4. The number of benzene rings is 1. The Balaban J connectivity index is 1.76. The van der Waals surface area contributed by atoms with Gasteiger partial charge in [0.05, 0.1) is 12.8 Å². The molecule has 0 aliphatic rings. The summed E-state index contributed by atoms with van der Waals surface area (Å²) in [4.78, 5) is 11.9. The second-order valence-electron chi connectivity index (χ2n) is 5.56. The molecule has 1 aromatic heterocycles. The summed E-state index contributed by atoms with van der Waals surface area (Å²) in [5, 5.41) is 2.77. The zero-order chi connectivity index (χ0) is 16.7. The molecule has 1 unspecified atom stereocenters. The van der Waals surface area contributed by atoms with Crippen molar-refractivity contribution in [3.05, 3.63) is 54.0 Å². The van der Waals surface area contributed by atoms with Crippen molar-refractivity contribution in [2.45, 2.75) is 25.9 Å². The lowest BCUT2D eigenvalue weighted by molar-refractivity contribution is -0.123. The second kappa shape index (κ2) is 8.39. The van der Waals surface area contributed by atoms with Crippen molar-refractivity contribution in [2.24, 2.45) is 0 Å². The average molecular weight is 317 g/mol. The molecule has 1 aromatic carbocycles. The van der Waals surface area contributed by atoms with E-state index >= 15 is 0 Å². The molecule has 2 aromatic rings. The van der Waals surface area contributed by atoms with Gasteiger partial charge in [-0.15, -0.1) is 0 Å². The number of carbonyl (C=O) groups excluding carboxylic acids is 1. The van der Waals surface area contributed by atoms with Gasteiger partial charge in [-0.1, -0.05) is 26.0 Å². The van der Waals surface area contributed by atoms with Crippen LogP contribution in [0.4, 0.5) is 0 Å². The number of rotatable bonds is 8. The molecule has 1 heterocycles. The summed E-state index contributed by atoms with van der Waals surface area (Å²) < 4.78 is 16.0. The van der Waals surface area contributed by atoms with Gasteiger partial charge in [0.25, 0.3) is 5.91 Å². The molecule has 0 saturated carbocycles. The minimum absolute atomic E-state index is 0.0321. The van der Waals surface area contributed by atoms with E-state index in [9.17, 15) is 4.79 Å². The summed E-state index contributed by atoms with van der Waals surface area (Å²) in [6.45, 7) is 4.57. The predicted molar refractivity (Wildman–Crippen MR) is 87.5 cm³/mol. The maximum Gasteiger partial charge on any atom is 0.258 e. The third-order valence-electron chi connectivity index (χ3n) is 3.55. The van der Waals surface area contributed by atoms with Crippen molar-refractivity contribution in [1.82, 2.24) is 5.32 Å². The fourth-order valence-corrected chi connectivity index (χ4v) is 2.13. The molecule has 1 atom stereocenters. The molecule has 1 amide bonds. The first-order valence-electron chi connectivity index (χ1n) is 7.65. The number of methoxy groups -OCH3 is 1. The van der Waals surface area contributed by atoms with E-state index < -0.39 is 0 Å². The van der Waals surface area contributed by atoms with Gasteiger partial charge >= 0.3 is 0 Å². The topological polar surface area (TPSA) is 60.7 Å². The quantitative estimate of drug-likeness (QED) is 0.811. The summed E-state index contributed by atoms with van der Waals surface area (Å²) in [6.07, 6.45) is 1.27. The highest BCUT2D eigenvalue weighted by atomic mass is 16.5. The highest BCUT2D eigenvalue weighted by Crippen LogP contribution is 2.18. The molecule has 0 aliphatic heterocycles. The van der Waals surface area contributed by atoms with Crippen molar-refractivity contribution in [2.75, 3.05) is 20.3 Å². The maximum atomic E-state index is 11.9. The maximum absolute atomic E-state index is 11.9. The Labute approximate surface area is 136 Å². The number of amides is 1. The lowest BCUT2D eigenvalue weighted by Gasteiger charge is -2.14. The molecule has 2 rings (SSSR count). The van der Waals surface area contributed by atoms with E-state index in [0.29, 0.717) is 24.0 Å². The SMILES string of the molecule is COC(CNC(=O)COc1ccc(C(C)C)cc1)c1ccco1. The van der Waals surface area contributed by atoms with Crippen molar-refractivity contribution in [1.29, 1.82) is 0 Å². The molecule has 0 bridgehead atoms. The molecular weight excluding hydrogens is 294 g/mol. The van der Waals surface area contributed by atoms with Crippen LogP contribution in [0.3, 0.4) is 0 Å². The number of carbonyl (C=O) groups is 1. The van der Waals surface area contributed by atoms with Crippen LogP contribution in [0, 0.1) is 0 Å². The molecule has 0 aliphatic carbocycles. The zero-order valence-corrected chi connectivity index (χ0v) is 13.7. The van der Waals surface area contributed by atoms with Crippen molar-refractivity contribution < 1.29 is 18.7 Å². The van der Waals surface area contributed by atoms with E-state index in [0.717, 1.165) is 0 Å². The minimum Gasteiger partial charge on any atom is -0.484 e. The Kier molecular flexibility index (Phi) is 6.23. The monoisotopic (exact) mass is 317 g/mol. The Morgan fingerprint density at radius 1 is 1.22 bits per heavy atom. The summed E-state index contributed by atoms with van der Waals surface area (Å²) >= 11 is 0. The van der Waals surface area contributed by atoms with E-state index in [1.54, 1.807) is 19.4 Å². The van der Waals surface area contributed by atoms with Gasteiger partial charge in [0.15, 0.2) is 6.61 Å². The van der Waals surface area contributed by atoms with Gasteiger partial charge in [-0.2, -0.15) is 0 Å². The van der Waals surface area contributed by atoms with Crippen molar-refractivity contribution in [3.63, 3.8) is 0 Å². The highest BCUT2D eigenvalue weighted by Gasteiger charge is 2.14. The van der Waals surface area contributed by atoms with Gasteiger partial charge in [0.2, 0.25) is 0 Å². The van der Waals surface area contributed by atoms with E-state index in [-0.39, 0.29) is 18.6 Å². The van der Waals surface area contributed by atoms with Gasteiger partial charge in [-0.05, 0) is 35.7 Å². The molecular formula is C18H23NO4. The van der Waals surface area contributed by atoms with Gasteiger partial charge in [-0.3, -0.25) is 4.79 Å². The molecule has 124 valence electrons. The largest absolute Gasteiger partial charge is 0.484 e. The second-order valence-corrected chi connectivity index (χ2v) is 5.56. The molecule has 0 saturated heterocycles. The number of furan rings is 1. The summed E-state index contributed by atoms with van der Waals surface area (Å²) in [5.41, 5.74) is 1.24. The van der Waals surface area contributed by atoms with Crippen molar-refractivity contribution >= 4 is 5.91 Å². The first-order valence-corrected chi connectivity index (χ1v) is 7.65. The van der Waals surface area contributed by atoms with Crippen LogP contribution in [-0.2, 0) is 9.53 Å². The van der Waals surface area contributed by atoms with Crippen LogP contribution in [0.15, 0.2) is 47.1 Å². The van der Waals surface area contributed by atoms with Gasteiger partial charge < -0.3 is 19.2 Å². The third-order valence-corrected chi connectivity index (χ3v) is 3.55. The van der Waals surface area contributed by atoms with Crippen LogP contribution in [0.5, 0.6) is 5.75 Å². The Bertz CT molecular complexity index is 590. The molecule has 0 spiro atoms. The lowest BCUT2D eigenvalue weighted by atomic mass is 10.0. The van der Waals surface area contributed by atoms with E-state index in [1.807, 2.05) is 30.3 Å². The number of hydrogen-bond donors (Lipinski definition) is 1. The fraction of sp³-hybridized carbons (Fsp3) is 0.389. The number of nitrogens with one attached hydrogen (secondary N) is 1. The van der Waals surface area contributed by atoms with Gasteiger partial charge in [0, 0.05) is 7.11 Å². The Hall–Kier alpha value is -2.27. The van der Waals surface area contributed by atoms with Gasteiger partial charge in [0.1, 0.15) is 17.6 Å². The fourth-order valence-electron chi connectivity index (χ4n) is 2.13. The summed E-state index contributed by atoms with van der Waals surface area (Å²) in [5.74, 6) is 1.63. The Morgan fingerprint density at radius 3 is 2.52 bits per heavy atom. The van der Waals surface area contributed by atoms with Crippen LogP contribution in [0.2, 0.25) is 0 Å². The zero-order valence-electron chi connectivity index (χ0n) is 13.7. The van der Waals surface area contributed by atoms with Crippen LogP contribution < -0.4 is 10.1 Å². The summed E-state index contributed by atoms with van der Waals surface area (Å²) in [7, 11) is 1.58. The van der Waals surface area contributed by atoms with E-state index in [2.05, 4.69) is 19.2 Å². The van der Waals surface area contributed by atoms with Crippen LogP contribution >= 0.6 is 0 Å². The minimum atomic E-state index is -0.306. The molecule has 1 N–H and O–H groups in total. The summed E-state index contributed by atoms with van der Waals surface area (Å²) in [6, 6.07) is 11.4. The standard InChI is InChI=1S/C18H23NO4/c1-13(2)14-6-8-15(9-7-14)23-12-18(20)19-11-17(21-3)16-5-4-10-22-16/h4-10,13,17H,11-12H2,1-3H3,(H,19,20). The van der Waals surface area contributed by atoms with Crippen LogP contribution in [0.25, 0.3) is 0 Å². The normalized spacial score (nSPS) is 12.2. The Morgan fingerprint density at radius 2 is 1.96 bits per heavy atom. The molecule has 5 heteroatoms. The van der Waals surface area contributed by atoms with E-state index in [4.69, 9.17) is 13.9 Å². The third kappa shape index (κ3) is 5.14. The lowest BCUT2D eigenvalue weighted by Crippen LogP contribution is -2.32. The molecule has 23 heavy (non-hydrogen) atoms. The molecule has 5 nitrogen and oxygen atoms in total. The molecule has 0 radical (unpaired) electrons. The average Bonchev–Trinajstić information content (AvgIpc) is 3.08. The first-order chi connectivity index (χ1) is 11.1. The first kappa shape index (κ1) is 17.1. The smallest absolute Gasteiger partial charge is 0.258 e. The van der Waals surface area contributed by atoms with Crippen molar-refractivity contribution in [3.8, 4) is 5.75 Å². The number of ether oxygens (including phenoxy) is 2. The van der Waals surface area contributed by atoms with Crippen LogP contribution in [0.1, 0.15) is 37.2 Å². The predicted octanol–water partition coefficient (Wildman–Crippen LogP) is 3.29. The van der Waals surface area contributed by atoms with Gasteiger partial charge in [-0.25, -0.2) is 0 Å². The van der Waals surface area contributed by atoms with Crippen LogP contribution in [-0.4, -0.2) is 26.2 Å². The molecule has 0 fully saturated rings. The highest BCUT2D eigenvalue weighted by molar-refractivity contribution is 5.77. The van der Waals surface area contributed by atoms with E-state index in [1.165, 1.54) is 5.56 Å².